The van der Waals surface area contributed by atoms with E-state index in [0.717, 1.165) is 72.3 Å². The third kappa shape index (κ3) is 6.44. The van der Waals surface area contributed by atoms with Gasteiger partial charge in [-0.1, -0.05) is 18.2 Å². The first-order valence-electron chi connectivity index (χ1n) is 23.1. The molecule has 2 saturated carbocycles. The topological polar surface area (TPSA) is 149 Å². The zero-order valence-electron chi connectivity index (χ0n) is 38.5. The first-order chi connectivity index (χ1) is 31.9. The van der Waals surface area contributed by atoms with Gasteiger partial charge in [0.15, 0.2) is 0 Å². The third-order valence-electron chi connectivity index (χ3n) is 16.3. The van der Waals surface area contributed by atoms with Crippen molar-refractivity contribution in [3.63, 3.8) is 0 Å². The van der Waals surface area contributed by atoms with Gasteiger partial charge in [0, 0.05) is 0 Å². The minimum absolute atomic E-state index is 0.170. The number of fused-ring (bicyclic) bond motifs is 6. The van der Waals surface area contributed by atoms with E-state index >= 15 is 0 Å². The van der Waals surface area contributed by atoms with Crippen molar-refractivity contribution in [1.82, 2.24) is 9.80 Å². The zero-order chi connectivity index (χ0) is 46.2. The summed E-state index contributed by atoms with van der Waals surface area (Å²) in [7, 11) is 2.77. The fraction of sp³-hybridized carbons (Fsp3) is 0.480. The molecule has 14 nitrogen and oxygen atoms in total. The number of benzene rings is 4. The minimum atomic E-state index is -3.45. The number of ether oxygens (including phenoxy) is 2. The molecule has 0 radical (unpaired) electrons. The molecule has 8 atom stereocenters. The molecule has 66 heavy (non-hydrogen) atoms. The number of likely N-dealkylation sites (tertiary alicyclic amines) is 2. The number of methoxy groups -OCH3 is 2. The normalized spacial score (nSPS) is 31.1. The van der Waals surface area contributed by atoms with Crippen LogP contribution in [0.3, 0.4) is 0 Å². The van der Waals surface area contributed by atoms with Crippen LogP contribution in [0.2, 0.25) is 9.94 Å². The van der Waals surface area contributed by atoms with Crippen LogP contribution in [-0.2, 0) is 37.6 Å². The molecule has 4 aromatic carbocycles. The standard InChI is InChI=1S/C50H58N8O6Te2/c1-33-16-14-26-47(33,36-20-12-21-37(32-36)51-53-49(27-15-17-34(49)2)35-18-8-7-9-19-35)48-28-30-55(45(59)63-3)43(48)58(66(6)62)42-39(48)23-13-24-40(42)52-54-50-29-31-56(46(60)64-4)44(50)57(65(5)61)41-25-11-10-22-38(41)50/h7-13,18-25,32-34,43-44H,14-17,26-31H2,1-6H3/t33-,34-,43-,44+,47-,48-,49-,50+/m1/s1. The van der Waals surface area contributed by atoms with E-state index in [-0.39, 0.29) is 5.92 Å². The second-order valence-corrected chi connectivity index (χ2v) is 26.0. The first kappa shape index (κ1) is 45.2. The molecule has 10 rings (SSSR count). The number of nitrogens with zero attached hydrogens (tertiary/aromatic N) is 8. The number of para-hydroxylation sites is 2. The fourth-order valence-corrected chi connectivity index (χ4v) is 19.3. The average molecular weight is 1120 g/mol. The van der Waals surface area contributed by atoms with Gasteiger partial charge < -0.3 is 0 Å². The molecule has 4 aliphatic heterocycles. The van der Waals surface area contributed by atoms with E-state index in [2.05, 4.69) is 62.4 Å². The van der Waals surface area contributed by atoms with Gasteiger partial charge in [-0.05, 0) is 0 Å². The van der Waals surface area contributed by atoms with Crippen LogP contribution in [0.5, 0.6) is 0 Å². The van der Waals surface area contributed by atoms with Crippen LogP contribution in [-0.4, -0.2) is 101 Å². The third-order valence-corrected chi connectivity index (χ3v) is 21.6. The summed E-state index contributed by atoms with van der Waals surface area (Å²) in [6.45, 7) is 5.38. The van der Waals surface area contributed by atoms with Crippen LogP contribution >= 0.6 is 0 Å². The predicted octanol–water partition coefficient (Wildman–Crippen LogP) is 10.8. The number of carbonyl (C=O) groups excluding carboxylic acids is 2. The monoisotopic (exact) mass is 1130 g/mol. The molecule has 0 spiro atoms. The van der Waals surface area contributed by atoms with Gasteiger partial charge in [0.05, 0.1) is 0 Å². The van der Waals surface area contributed by atoms with E-state index in [0.29, 0.717) is 37.5 Å². The molecule has 2 amide bonds. The van der Waals surface area contributed by atoms with Crippen LogP contribution in [0.25, 0.3) is 0 Å². The SMILES string of the molecule is COC(=O)N1CC[C@@]2([C@]3(c4cccc(N=N[C@]5(c6ccccc6)CCC[C@H]5C)c4)CCC[C@H]3C)c3cccc(N=N[C@]45CCN(C(=O)OC)[C@H]4N([Te](C)=O)c4ccccc45)c3N([Te](C)=O)[C@@H]12. The summed E-state index contributed by atoms with van der Waals surface area (Å²) in [6, 6.07) is 33.0. The van der Waals surface area contributed by atoms with E-state index in [4.69, 9.17) is 29.9 Å². The summed E-state index contributed by atoms with van der Waals surface area (Å²) in [5.74, 6) is 0.510. The van der Waals surface area contributed by atoms with Gasteiger partial charge >= 0.3 is 386 Å². The number of azo groups is 2. The number of hydrogen-bond acceptors (Lipinski definition) is 10. The number of amides is 2. The van der Waals surface area contributed by atoms with Crippen molar-refractivity contribution in [3.8, 4) is 0 Å². The summed E-state index contributed by atoms with van der Waals surface area (Å²) < 4.78 is 43.1. The van der Waals surface area contributed by atoms with E-state index < -0.39 is 86.0 Å². The van der Waals surface area contributed by atoms with Crippen molar-refractivity contribution in [1.29, 1.82) is 0 Å². The number of rotatable bonds is 9. The van der Waals surface area contributed by atoms with E-state index in [9.17, 15) is 15.8 Å². The van der Waals surface area contributed by atoms with Crippen LogP contribution in [0, 0.1) is 11.8 Å². The van der Waals surface area contributed by atoms with Gasteiger partial charge in [-0.2, -0.15) is 0 Å². The molecule has 346 valence electrons. The van der Waals surface area contributed by atoms with Gasteiger partial charge in [0.25, 0.3) is 0 Å². The summed E-state index contributed by atoms with van der Waals surface area (Å²) in [5, 5.41) is 20.8. The first-order valence-corrected chi connectivity index (χ1v) is 31.7. The average Bonchev–Trinajstić information content (AvgIpc) is 4.18. The Balaban J connectivity index is 1.14. The molecule has 6 aliphatic rings. The van der Waals surface area contributed by atoms with Crippen LogP contribution in [0.15, 0.2) is 118 Å². The molecule has 4 aromatic rings. The Hall–Kier alpha value is -4.60. The summed E-state index contributed by atoms with van der Waals surface area (Å²) in [6.07, 6.45) is 4.70. The van der Waals surface area contributed by atoms with Gasteiger partial charge in [-0.25, -0.2) is 0 Å². The van der Waals surface area contributed by atoms with Gasteiger partial charge in [-0.3, -0.25) is 0 Å². The molecule has 2 saturated heterocycles. The summed E-state index contributed by atoms with van der Waals surface area (Å²) in [5.41, 5.74) is 4.30. The van der Waals surface area contributed by atoms with Crippen molar-refractivity contribution in [2.45, 2.75) is 109 Å². The Kier molecular flexibility index (Phi) is 11.8. The quantitative estimate of drug-likeness (QED) is 0.119. The second kappa shape index (κ2) is 17.2. The Bertz CT molecular complexity index is 2690. The maximum atomic E-state index is 14.8. The number of anilines is 2. The van der Waals surface area contributed by atoms with Crippen molar-refractivity contribution < 1.29 is 25.3 Å². The van der Waals surface area contributed by atoms with Gasteiger partial charge in [0.2, 0.25) is 0 Å². The molecule has 16 heteroatoms. The molecule has 0 N–H and O–H groups in total. The van der Waals surface area contributed by atoms with Crippen LogP contribution in [0.1, 0.15) is 87.5 Å². The van der Waals surface area contributed by atoms with E-state index in [1.165, 1.54) is 19.8 Å². The Morgan fingerprint density at radius 1 is 0.621 bits per heavy atom. The Labute approximate surface area is 401 Å². The molecule has 0 unspecified atom stereocenters. The number of carbonyl (C=O) groups is 2. The molecular formula is C50H58N8O6Te2. The molecule has 4 fully saturated rings. The van der Waals surface area contributed by atoms with Crippen LogP contribution in [0.4, 0.5) is 32.3 Å². The fourth-order valence-electron chi connectivity index (χ4n) is 13.5. The Morgan fingerprint density at radius 3 is 1.92 bits per heavy atom. The summed E-state index contributed by atoms with van der Waals surface area (Å²) >= 11 is -6.63. The second-order valence-electron chi connectivity index (χ2n) is 19.0. The molecular weight excluding hydrogens is 1060 g/mol. The van der Waals surface area contributed by atoms with Crippen LogP contribution < -0.4 is 6.30 Å². The zero-order valence-corrected chi connectivity index (χ0v) is 43.1. The predicted molar refractivity (Wildman–Crippen MR) is 252 cm³/mol. The van der Waals surface area contributed by atoms with Gasteiger partial charge in [0.1, 0.15) is 0 Å². The van der Waals surface area contributed by atoms with Crippen molar-refractivity contribution in [3.05, 3.63) is 119 Å². The van der Waals surface area contributed by atoms with Gasteiger partial charge in [-0.15, -0.1) is 0 Å². The van der Waals surface area contributed by atoms with E-state index in [1.807, 2.05) is 54.8 Å². The van der Waals surface area contributed by atoms with Crippen molar-refractivity contribution in [2.75, 3.05) is 33.6 Å². The molecule has 4 heterocycles. The van der Waals surface area contributed by atoms with E-state index in [1.54, 1.807) is 19.7 Å². The van der Waals surface area contributed by atoms with Crippen molar-refractivity contribution in [2.24, 2.45) is 32.3 Å². The molecule has 0 bridgehead atoms. The summed E-state index contributed by atoms with van der Waals surface area (Å²) in [4.78, 5) is 34.4. The molecule has 0 aromatic heterocycles. The van der Waals surface area contributed by atoms with Crippen molar-refractivity contribution >= 4 is 74.6 Å². The molecule has 2 aliphatic carbocycles. The maximum absolute atomic E-state index is 14.8. The Morgan fingerprint density at radius 2 is 1.24 bits per heavy atom. The number of hydrogen-bond donors (Lipinski definition) is 0.